The quantitative estimate of drug-likeness (QED) is 0.0434. The minimum Gasteiger partial charge on any atom is -0.394 e. The van der Waals surface area contributed by atoms with E-state index in [2.05, 4.69) is 141 Å². The van der Waals surface area contributed by atoms with Crippen molar-refractivity contribution < 1.29 is 15.0 Å². The Kier molecular flexibility index (Phi) is 42.5. The van der Waals surface area contributed by atoms with Gasteiger partial charge in [-0.1, -0.05) is 200 Å². The predicted octanol–water partition coefficient (Wildman–Crippen LogP) is 14.2. The van der Waals surface area contributed by atoms with Crippen molar-refractivity contribution in [2.24, 2.45) is 0 Å². The van der Waals surface area contributed by atoms with Crippen LogP contribution in [0, 0.1) is 0 Å². The van der Waals surface area contributed by atoms with Crippen LogP contribution < -0.4 is 5.32 Å². The number of hydrogen-bond acceptors (Lipinski definition) is 3. The molecule has 2 atom stereocenters. The maximum Gasteiger partial charge on any atom is 0.220 e. The van der Waals surface area contributed by atoms with Crippen LogP contribution in [0.25, 0.3) is 0 Å². The van der Waals surface area contributed by atoms with Gasteiger partial charge in [0.2, 0.25) is 5.91 Å². The molecule has 0 bridgehead atoms. The van der Waals surface area contributed by atoms with Crippen molar-refractivity contribution in [2.75, 3.05) is 6.61 Å². The van der Waals surface area contributed by atoms with E-state index in [-0.39, 0.29) is 12.5 Å². The second-order valence-electron chi connectivity index (χ2n) is 14.4. The van der Waals surface area contributed by atoms with Crippen molar-refractivity contribution in [3.05, 3.63) is 122 Å². The zero-order chi connectivity index (χ0) is 40.0. The Hall–Kier alpha value is -3.21. The highest BCUT2D eigenvalue weighted by Crippen LogP contribution is 2.13. The normalized spacial score (nSPS) is 14.2. The number of unbranched alkanes of at least 4 members (excludes halogenated alkanes) is 11. The van der Waals surface area contributed by atoms with Crippen LogP contribution in [0.3, 0.4) is 0 Å². The van der Waals surface area contributed by atoms with Gasteiger partial charge in [0.15, 0.2) is 0 Å². The molecule has 4 heteroatoms. The molecule has 0 spiro atoms. The molecule has 0 aromatic rings. The van der Waals surface area contributed by atoms with Crippen LogP contribution >= 0.6 is 0 Å². The molecule has 0 aliphatic heterocycles. The summed E-state index contributed by atoms with van der Waals surface area (Å²) in [5, 5.41) is 23.0. The third kappa shape index (κ3) is 41.8. The van der Waals surface area contributed by atoms with E-state index in [0.29, 0.717) is 12.8 Å². The topological polar surface area (TPSA) is 69.6 Å². The highest BCUT2D eigenvalue weighted by Gasteiger charge is 2.19. The summed E-state index contributed by atoms with van der Waals surface area (Å²) >= 11 is 0. The molecule has 4 nitrogen and oxygen atoms in total. The van der Waals surface area contributed by atoms with E-state index in [4.69, 9.17) is 0 Å². The molecule has 0 aliphatic carbocycles. The Morgan fingerprint density at radius 1 is 0.455 bits per heavy atom. The average molecular weight is 758 g/mol. The van der Waals surface area contributed by atoms with Gasteiger partial charge in [0.1, 0.15) is 0 Å². The first-order valence-electron chi connectivity index (χ1n) is 22.2. The van der Waals surface area contributed by atoms with E-state index in [9.17, 15) is 15.0 Å². The molecule has 0 aromatic carbocycles. The lowest BCUT2D eigenvalue weighted by molar-refractivity contribution is -0.123. The Bertz CT molecular complexity index is 1130. The number of amides is 1. The third-order valence-corrected chi connectivity index (χ3v) is 9.24. The number of nitrogens with one attached hydrogen (secondary N) is 1. The minimum absolute atomic E-state index is 0.0819. The molecule has 1 amide bonds. The molecule has 0 aliphatic rings. The summed E-state index contributed by atoms with van der Waals surface area (Å²) in [5.41, 5.74) is 0. The summed E-state index contributed by atoms with van der Waals surface area (Å²) in [6.45, 7) is 4.19. The summed E-state index contributed by atoms with van der Waals surface area (Å²) in [7, 11) is 0. The first kappa shape index (κ1) is 51.8. The fourth-order valence-corrected chi connectivity index (χ4v) is 5.86. The molecule has 0 saturated carbocycles. The Labute approximate surface area is 339 Å². The van der Waals surface area contributed by atoms with Gasteiger partial charge in [-0.25, -0.2) is 0 Å². The van der Waals surface area contributed by atoms with Crippen molar-refractivity contribution in [1.82, 2.24) is 5.32 Å². The number of hydrogen-bond donors (Lipinski definition) is 3. The molecular formula is C51H83NO3. The van der Waals surface area contributed by atoms with Gasteiger partial charge in [0.05, 0.1) is 18.8 Å². The molecule has 0 radical (unpaired) electrons. The second kappa shape index (κ2) is 45.2. The minimum atomic E-state index is -0.684. The number of aliphatic hydroxyl groups is 2. The van der Waals surface area contributed by atoms with Gasteiger partial charge in [-0.2, -0.15) is 0 Å². The Balaban J connectivity index is 3.73. The number of rotatable bonds is 38. The SMILES string of the molecule is CC/C=C\C/C=C\C/C=C\C/C=C\C/C=C\C/C=C\C/C=C\C/C=C\C/C=C\C/C=C\CCCCC(=O)NC(CO)C(O)CCCCCCCCCCCC. The van der Waals surface area contributed by atoms with Crippen LogP contribution in [-0.4, -0.2) is 34.9 Å². The largest absolute Gasteiger partial charge is 0.394 e. The van der Waals surface area contributed by atoms with Crippen molar-refractivity contribution >= 4 is 5.91 Å². The Morgan fingerprint density at radius 3 is 1.16 bits per heavy atom. The zero-order valence-corrected chi connectivity index (χ0v) is 35.4. The van der Waals surface area contributed by atoms with Crippen LogP contribution in [0.2, 0.25) is 0 Å². The molecular weight excluding hydrogens is 675 g/mol. The molecule has 0 heterocycles. The monoisotopic (exact) mass is 758 g/mol. The predicted molar refractivity (Wildman–Crippen MR) is 243 cm³/mol. The second-order valence-corrected chi connectivity index (χ2v) is 14.4. The molecule has 310 valence electrons. The van der Waals surface area contributed by atoms with Gasteiger partial charge < -0.3 is 15.5 Å². The maximum absolute atomic E-state index is 12.4. The van der Waals surface area contributed by atoms with Crippen LogP contribution in [0.15, 0.2) is 122 Å². The third-order valence-electron chi connectivity index (χ3n) is 9.24. The number of carbonyl (C=O) groups is 1. The lowest BCUT2D eigenvalue weighted by Crippen LogP contribution is -2.45. The van der Waals surface area contributed by atoms with Crippen LogP contribution in [-0.2, 0) is 4.79 Å². The fourth-order valence-electron chi connectivity index (χ4n) is 5.86. The molecule has 0 aromatic heterocycles. The molecule has 3 N–H and O–H groups in total. The van der Waals surface area contributed by atoms with E-state index >= 15 is 0 Å². The van der Waals surface area contributed by atoms with Crippen molar-refractivity contribution in [2.45, 2.75) is 187 Å². The molecule has 2 unspecified atom stereocenters. The van der Waals surface area contributed by atoms with Gasteiger partial charge >= 0.3 is 0 Å². The van der Waals surface area contributed by atoms with Crippen LogP contribution in [0.4, 0.5) is 0 Å². The molecule has 0 rings (SSSR count). The fraction of sp³-hybridized carbons (Fsp3) is 0.588. The first-order valence-corrected chi connectivity index (χ1v) is 22.2. The first-order chi connectivity index (χ1) is 27.2. The lowest BCUT2D eigenvalue weighted by Gasteiger charge is -2.22. The van der Waals surface area contributed by atoms with Gasteiger partial charge in [-0.15, -0.1) is 0 Å². The lowest BCUT2D eigenvalue weighted by atomic mass is 10.0. The number of allylic oxidation sites excluding steroid dienone is 20. The van der Waals surface area contributed by atoms with Crippen molar-refractivity contribution in [1.29, 1.82) is 0 Å². The van der Waals surface area contributed by atoms with E-state index in [0.717, 1.165) is 96.3 Å². The van der Waals surface area contributed by atoms with Crippen molar-refractivity contribution in [3.8, 4) is 0 Å². The smallest absolute Gasteiger partial charge is 0.220 e. The maximum atomic E-state index is 12.4. The highest BCUT2D eigenvalue weighted by atomic mass is 16.3. The van der Waals surface area contributed by atoms with E-state index in [1.165, 1.54) is 51.4 Å². The molecule has 0 fully saturated rings. The summed E-state index contributed by atoms with van der Waals surface area (Å²) in [5.74, 6) is -0.0819. The average Bonchev–Trinajstić information content (AvgIpc) is 3.19. The van der Waals surface area contributed by atoms with Crippen LogP contribution in [0.5, 0.6) is 0 Å². The van der Waals surface area contributed by atoms with E-state index in [1.54, 1.807) is 0 Å². The highest BCUT2D eigenvalue weighted by molar-refractivity contribution is 5.76. The molecule has 0 saturated heterocycles. The summed E-state index contributed by atoms with van der Waals surface area (Å²) in [6, 6.07) is -0.567. The van der Waals surface area contributed by atoms with Gasteiger partial charge in [0, 0.05) is 6.42 Å². The van der Waals surface area contributed by atoms with Gasteiger partial charge in [-0.3, -0.25) is 4.79 Å². The van der Waals surface area contributed by atoms with Gasteiger partial charge in [-0.05, 0) is 89.9 Å². The summed E-state index contributed by atoms with van der Waals surface area (Å²) in [4.78, 5) is 12.4. The molecule has 55 heavy (non-hydrogen) atoms. The van der Waals surface area contributed by atoms with Crippen LogP contribution in [0.1, 0.15) is 174 Å². The van der Waals surface area contributed by atoms with E-state index in [1.807, 2.05) is 0 Å². The van der Waals surface area contributed by atoms with Crippen molar-refractivity contribution in [3.63, 3.8) is 0 Å². The number of aliphatic hydroxyl groups excluding tert-OH is 2. The summed E-state index contributed by atoms with van der Waals surface area (Å²) in [6.07, 6.45) is 69.9. The zero-order valence-electron chi connectivity index (χ0n) is 35.4. The Morgan fingerprint density at radius 2 is 0.800 bits per heavy atom. The standard InChI is InChI=1S/C51H83NO3/c1-3-5-7-9-11-13-15-16-17-18-19-20-21-22-23-24-25-26-27-28-29-30-31-32-33-34-35-36-37-39-41-43-45-47-51(55)52-49(48-53)50(54)46-44-42-40-38-14-12-10-8-6-4-2/h5,7,11,13,16-17,19-20,22-23,25-26,28-29,31-32,34-35,37,39,49-50,53-54H,3-4,6,8-10,12,14-15,18,21,24,27,30,33,36,38,40-48H2,1-2H3,(H,52,55)/b7-5-,13-11-,17-16-,20-19-,23-22-,26-25-,29-28-,32-31-,35-34-,39-37-. The van der Waals surface area contributed by atoms with Gasteiger partial charge in [0.25, 0.3) is 0 Å². The summed E-state index contributed by atoms with van der Waals surface area (Å²) < 4.78 is 0. The van der Waals surface area contributed by atoms with E-state index < -0.39 is 12.1 Å². The number of carbonyl (C=O) groups excluding carboxylic acids is 1.